The largest absolute Gasteiger partial charge is 0.378 e. The summed E-state index contributed by atoms with van der Waals surface area (Å²) in [5.41, 5.74) is 0. The van der Waals surface area contributed by atoms with E-state index >= 15 is 0 Å². The minimum Gasteiger partial charge on any atom is -0.314 e. The van der Waals surface area contributed by atoms with Crippen molar-refractivity contribution in [1.82, 2.24) is 0 Å². The Balaban J connectivity index is 3.66. The van der Waals surface area contributed by atoms with Crippen molar-refractivity contribution >= 4 is 7.68 Å². The molecule has 0 rings (SSSR count). The van der Waals surface area contributed by atoms with Gasteiger partial charge in [-0.25, -0.2) is 9.13 Å². The molecule has 0 radical (unpaired) electrons. The highest BCUT2D eigenvalue weighted by Crippen LogP contribution is 2.42. The minimum atomic E-state index is -2.42. The Morgan fingerprint density at radius 2 is 1.07 bits per heavy atom. The van der Waals surface area contributed by atoms with Crippen molar-refractivity contribution in [3.8, 4) is 0 Å². The average molecular weight is 429 g/mol. The number of unbranched alkanes of at least 4 members (excludes halogenated alkanes) is 13. The smallest absolute Gasteiger partial charge is 0.314 e. The summed E-state index contributed by atoms with van der Waals surface area (Å²) in [7, 11) is 3.59. The fraction of sp³-hybridized carbons (Fsp3) is 0.920. The molecular formula is C25H51NO2P+. The Morgan fingerprint density at radius 3 is 1.45 bits per heavy atom. The van der Waals surface area contributed by atoms with Gasteiger partial charge in [-0.2, -0.15) is 0 Å². The van der Waals surface area contributed by atoms with Gasteiger partial charge in [0, 0.05) is 12.8 Å². The molecule has 0 aromatic heterocycles. The lowest BCUT2D eigenvalue weighted by Gasteiger charge is -2.40. The van der Waals surface area contributed by atoms with Gasteiger partial charge >= 0.3 is 7.68 Å². The molecule has 0 aliphatic rings. The van der Waals surface area contributed by atoms with E-state index in [0.717, 1.165) is 25.7 Å². The molecule has 0 aromatic carbocycles. The van der Waals surface area contributed by atoms with Gasteiger partial charge in [-0.15, -0.1) is 0 Å². The van der Waals surface area contributed by atoms with E-state index in [9.17, 15) is 9.13 Å². The van der Waals surface area contributed by atoms with Crippen LogP contribution in [-0.2, 0) is 9.13 Å². The molecule has 0 N–H and O–H groups in total. The number of hydrogen-bond acceptors (Lipinski definition) is 2. The average Bonchev–Trinajstić information content (AvgIpc) is 2.66. The first-order chi connectivity index (χ1) is 13.8. The van der Waals surface area contributed by atoms with Crippen LogP contribution in [-0.4, -0.2) is 30.9 Å². The summed E-state index contributed by atoms with van der Waals surface area (Å²) in [6, 6.07) is 0. The zero-order valence-corrected chi connectivity index (χ0v) is 21.3. The lowest BCUT2D eigenvalue weighted by atomic mass is 10.0. The van der Waals surface area contributed by atoms with Gasteiger partial charge in [0.15, 0.2) is 0 Å². The van der Waals surface area contributed by atoms with E-state index in [2.05, 4.69) is 19.1 Å². The Morgan fingerprint density at radius 1 is 0.655 bits per heavy atom. The molecule has 29 heavy (non-hydrogen) atoms. The molecule has 4 heteroatoms. The van der Waals surface area contributed by atoms with Crippen LogP contribution < -0.4 is 0 Å². The second-order valence-electron chi connectivity index (χ2n) is 9.65. The Kier molecular flexibility index (Phi) is 17.1. The summed E-state index contributed by atoms with van der Waals surface area (Å²) in [4.78, 5) is 0. The standard InChI is InChI=1S/C25H51NO2P/c1-6-8-9-10-11-12-13-14-15-16-17-18-19-20-21-22-23-24-25(7-2,29(27)28)26(3,4)5/h18-19H,6-17,20-24H2,1-5H3/q+1. The highest BCUT2D eigenvalue weighted by molar-refractivity contribution is 7.32. The van der Waals surface area contributed by atoms with E-state index in [1.54, 1.807) is 0 Å². The van der Waals surface area contributed by atoms with Gasteiger partial charge in [0.05, 0.1) is 21.1 Å². The molecule has 0 amide bonds. The quantitative estimate of drug-likeness (QED) is 0.0840. The number of nitrogens with zero attached hydrogens (tertiary/aromatic N) is 1. The summed E-state index contributed by atoms with van der Waals surface area (Å²) >= 11 is 0. The number of allylic oxidation sites excluding steroid dienone is 2. The van der Waals surface area contributed by atoms with Crippen molar-refractivity contribution in [3.05, 3.63) is 12.2 Å². The maximum absolute atomic E-state index is 11.9. The third-order valence-corrected chi connectivity index (χ3v) is 8.31. The van der Waals surface area contributed by atoms with Crippen LogP contribution in [0.25, 0.3) is 0 Å². The summed E-state index contributed by atoms with van der Waals surface area (Å²) in [6.07, 6.45) is 25.7. The third-order valence-electron chi connectivity index (χ3n) is 6.49. The van der Waals surface area contributed by atoms with E-state index in [0.29, 0.717) is 10.9 Å². The molecule has 0 heterocycles. The van der Waals surface area contributed by atoms with Crippen molar-refractivity contribution in [3.63, 3.8) is 0 Å². The Labute approximate surface area is 183 Å². The van der Waals surface area contributed by atoms with E-state index < -0.39 is 13.0 Å². The molecular weight excluding hydrogens is 377 g/mol. The molecule has 0 saturated heterocycles. The van der Waals surface area contributed by atoms with Gasteiger partial charge in [0.1, 0.15) is 0 Å². The molecule has 0 saturated carbocycles. The van der Waals surface area contributed by atoms with Crippen molar-refractivity contribution in [2.75, 3.05) is 21.1 Å². The lowest BCUT2D eigenvalue weighted by molar-refractivity contribution is -0.908. The summed E-state index contributed by atoms with van der Waals surface area (Å²) in [5, 5.41) is -0.610. The highest BCUT2D eigenvalue weighted by atomic mass is 31.1. The Hall–Kier alpha value is -0.400. The second-order valence-corrected chi connectivity index (χ2v) is 11.0. The van der Waals surface area contributed by atoms with Gasteiger partial charge in [0.2, 0.25) is 5.28 Å². The maximum Gasteiger partial charge on any atom is 0.378 e. The number of quaternary nitrogens is 1. The van der Waals surface area contributed by atoms with Crippen LogP contribution >= 0.6 is 7.68 Å². The highest BCUT2D eigenvalue weighted by Gasteiger charge is 2.46. The first-order valence-electron chi connectivity index (χ1n) is 12.4. The lowest BCUT2D eigenvalue weighted by Crippen LogP contribution is -2.53. The minimum absolute atomic E-state index is 0.501. The van der Waals surface area contributed by atoms with Crippen LogP contribution in [0.4, 0.5) is 0 Å². The van der Waals surface area contributed by atoms with Gasteiger partial charge in [-0.1, -0.05) is 90.2 Å². The van der Waals surface area contributed by atoms with Gasteiger partial charge in [-0.05, 0) is 32.1 Å². The van der Waals surface area contributed by atoms with Crippen LogP contribution in [0.2, 0.25) is 0 Å². The molecule has 0 aliphatic carbocycles. The molecule has 0 aromatic rings. The zero-order valence-electron chi connectivity index (χ0n) is 20.4. The normalized spacial score (nSPS) is 14.4. The van der Waals surface area contributed by atoms with Gasteiger partial charge < -0.3 is 4.48 Å². The summed E-state index contributed by atoms with van der Waals surface area (Å²) in [6.45, 7) is 4.28. The predicted molar refractivity (Wildman–Crippen MR) is 128 cm³/mol. The predicted octanol–water partition coefficient (Wildman–Crippen LogP) is 8.79. The fourth-order valence-electron chi connectivity index (χ4n) is 4.28. The molecule has 1 atom stereocenters. The molecule has 0 fully saturated rings. The topological polar surface area (TPSA) is 34.1 Å². The van der Waals surface area contributed by atoms with Crippen molar-refractivity contribution < 1.29 is 13.6 Å². The van der Waals surface area contributed by atoms with Gasteiger partial charge in [-0.3, -0.25) is 0 Å². The van der Waals surface area contributed by atoms with Gasteiger partial charge in [0.25, 0.3) is 0 Å². The second kappa shape index (κ2) is 17.3. The summed E-state index contributed by atoms with van der Waals surface area (Å²) in [5.74, 6) is 0. The first-order valence-corrected chi connectivity index (χ1v) is 13.6. The van der Waals surface area contributed by atoms with Crippen LogP contribution in [0, 0.1) is 0 Å². The molecule has 1 unspecified atom stereocenters. The first kappa shape index (κ1) is 28.6. The third kappa shape index (κ3) is 12.8. The fourth-order valence-corrected chi connectivity index (χ4v) is 5.37. The van der Waals surface area contributed by atoms with Crippen molar-refractivity contribution in [2.45, 2.75) is 128 Å². The number of rotatable bonds is 20. The van der Waals surface area contributed by atoms with E-state index in [4.69, 9.17) is 0 Å². The van der Waals surface area contributed by atoms with E-state index in [1.807, 2.05) is 28.1 Å². The molecule has 172 valence electrons. The van der Waals surface area contributed by atoms with E-state index in [-0.39, 0.29) is 0 Å². The zero-order chi connectivity index (χ0) is 22.0. The molecule has 0 aliphatic heterocycles. The van der Waals surface area contributed by atoms with Crippen LogP contribution in [0.15, 0.2) is 12.2 Å². The molecule has 0 spiro atoms. The number of hydrogen-bond donors (Lipinski definition) is 0. The van der Waals surface area contributed by atoms with Crippen molar-refractivity contribution in [1.29, 1.82) is 0 Å². The van der Waals surface area contributed by atoms with Crippen molar-refractivity contribution in [2.24, 2.45) is 0 Å². The van der Waals surface area contributed by atoms with Crippen LogP contribution in [0.1, 0.15) is 123 Å². The van der Waals surface area contributed by atoms with Crippen LogP contribution in [0.5, 0.6) is 0 Å². The maximum atomic E-state index is 11.9. The Bertz CT molecular complexity index is 472. The monoisotopic (exact) mass is 428 g/mol. The summed E-state index contributed by atoms with van der Waals surface area (Å²) < 4.78 is 24.3. The SMILES string of the molecule is CCCCCCCCCCCCC=CCCCCCC(CC)(P(=O)=O)[N+](C)(C)C. The van der Waals surface area contributed by atoms with E-state index in [1.165, 1.54) is 77.0 Å². The van der Waals surface area contributed by atoms with Crippen LogP contribution in [0.3, 0.4) is 0 Å². The molecule has 3 nitrogen and oxygen atoms in total. The molecule has 0 bridgehead atoms.